The number of nitrogens with zero attached hydrogens (tertiary/aromatic N) is 2. The second-order valence-electron chi connectivity index (χ2n) is 6.70. The number of rotatable bonds is 4. The van der Waals surface area contributed by atoms with Gasteiger partial charge in [-0.15, -0.1) is 0 Å². The molecule has 0 aliphatic carbocycles. The van der Waals surface area contributed by atoms with E-state index in [2.05, 4.69) is 0 Å². The van der Waals surface area contributed by atoms with Crippen LogP contribution in [0.15, 0.2) is 60.9 Å². The van der Waals surface area contributed by atoms with Crippen molar-refractivity contribution in [2.24, 2.45) is 14.1 Å². The SMILES string of the molecule is COC(=O)C(C(=O)c1cn(C)c2ccccc12)c1cn(C)c2ccccc12. The third-order valence-corrected chi connectivity index (χ3v) is 5.10. The molecule has 2 aromatic heterocycles. The van der Waals surface area contributed by atoms with E-state index in [0.717, 1.165) is 21.8 Å². The average molecular weight is 360 g/mol. The van der Waals surface area contributed by atoms with Crippen molar-refractivity contribution in [3.63, 3.8) is 0 Å². The molecular weight excluding hydrogens is 340 g/mol. The lowest BCUT2D eigenvalue weighted by atomic mass is 9.90. The standard InChI is InChI=1S/C22H20N2O3/c1-23-12-16(14-8-4-6-10-18(14)23)20(22(26)27-3)21(25)17-13-24(2)19-11-7-5-9-15(17)19/h4-13,20H,1-3H3. The van der Waals surface area contributed by atoms with Gasteiger partial charge in [-0.05, 0) is 17.7 Å². The Kier molecular flexibility index (Phi) is 4.07. The van der Waals surface area contributed by atoms with Crippen molar-refractivity contribution in [1.29, 1.82) is 0 Å². The number of hydrogen-bond donors (Lipinski definition) is 0. The van der Waals surface area contributed by atoms with Gasteiger partial charge in [0.1, 0.15) is 5.92 Å². The molecule has 0 saturated heterocycles. The molecule has 5 nitrogen and oxygen atoms in total. The van der Waals surface area contributed by atoms with Gasteiger partial charge in [-0.1, -0.05) is 36.4 Å². The fraction of sp³-hybridized carbons (Fsp3) is 0.182. The van der Waals surface area contributed by atoms with E-state index in [-0.39, 0.29) is 5.78 Å². The number of aryl methyl sites for hydroxylation is 2. The summed E-state index contributed by atoms with van der Waals surface area (Å²) >= 11 is 0. The lowest BCUT2D eigenvalue weighted by Crippen LogP contribution is -2.23. The molecule has 4 aromatic rings. The van der Waals surface area contributed by atoms with Crippen molar-refractivity contribution in [2.45, 2.75) is 5.92 Å². The summed E-state index contributed by atoms with van der Waals surface area (Å²) in [6.07, 6.45) is 3.63. The normalized spacial score (nSPS) is 12.4. The molecule has 27 heavy (non-hydrogen) atoms. The van der Waals surface area contributed by atoms with Crippen LogP contribution >= 0.6 is 0 Å². The van der Waals surface area contributed by atoms with Gasteiger partial charge in [-0.3, -0.25) is 9.59 Å². The van der Waals surface area contributed by atoms with Gasteiger partial charge in [-0.2, -0.15) is 0 Å². The molecule has 0 fully saturated rings. The number of ether oxygens (including phenoxy) is 1. The minimum atomic E-state index is -1.01. The van der Waals surface area contributed by atoms with Gasteiger partial charge in [0.15, 0.2) is 5.78 Å². The first kappa shape index (κ1) is 17.1. The molecule has 2 aromatic carbocycles. The topological polar surface area (TPSA) is 53.2 Å². The Labute approximate surface area is 156 Å². The maximum atomic E-state index is 13.5. The Hall–Kier alpha value is -3.34. The quantitative estimate of drug-likeness (QED) is 0.316. The van der Waals surface area contributed by atoms with Gasteiger partial charge >= 0.3 is 5.97 Å². The maximum absolute atomic E-state index is 13.5. The second kappa shape index (κ2) is 6.43. The Morgan fingerprint density at radius 3 is 2.07 bits per heavy atom. The minimum absolute atomic E-state index is 0.255. The maximum Gasteiger partial charge on any atom is 0.321 e. The molecule has 0 bridgehead atoms. The molecule has 0 aliphatic rings. The Bertz CT molecular complexity index is 1180. The van der Waals surface area contributed by atoms with Crippen LogP contribution in [-0.2, 0) is 23.6 Å². The minimum Gasteiger partial charge on any atom is -0.468 e. The lowest BCUT2D eigenvalue weighted by molar-refractivity contribution is -0.141. The molecule has 0 aliphatic heterocycles. The first-order chi connectivity index (χ1) is 13.0. The van der Waals surface area contributed by atoms with Crippen LogP contribution < -0.4 is 0 Å². The van der Waals surface area contributed by atoms with E-state index >= 15 is 0 Å². The molecule has 0 spiro atoms. The van der Waals surface area contributed by atoms with Crippen molar-refractivity contribution in [1.82, 2.24) is 9.13 Å². The summed E-state index contributed by atoms with van der Waals surface area (Å²) in [5.74, 6) is -1.81. The van der Waals surface area contributed by atoms with Crippen molar-refractivity contribution in [3.8, 4) is 0 Å². The number of aromatic nitrogens is 2. The third kappa shape index (κ3) is 2.63. The van der Waals surface area contributed by atoms with Crippen LogP contribution in [0.2, 0.25) is 0 Å². The molecule has 0 N–H and O–H groups in total. The van der Waals surface area contributed by atoms with Crippen LogP contribution in [-0.4, -0.2) is 28.0 Å². The second-order valence-corrected chi connectivity index (χ2v) is 6.70. The molecule has 0 amide bonds. The summed E-state index contributed by atoms with van der Waals surface area (Å²) in [6, 6.07) is 15.4. The molecule has 0 radical (unpaired) electrons. The van der Waals surface area contributed by atoms with Crippen LogP contribution in [0.3, 0.4) is 0 Å². The summed E-state index contributed by atoms with van der Waals surface area (Å²) in [5.41, 5.74) is 3.10. The number of carbonyl (C=O) groups is 2. The number of ketones is 1. The number of carbonyl (C=O) groups excluding carboxylic acids is 2. The zero-order chi connectivity index (χ0) is 19.1. The number of benzene rings is 2. The highest BCUT2D eigenvalue weighted by atomic mass is 16.5. The fourth-order valence-electron chi connectivity index (χ4n) is 3.79. The number of Topliss-reactive ketones (excluding diaryl/α,β-unsaturated/α-hetero) is 1. The third-order valence-electron chi connectivity index (χ3n) is 5.10. The molecule has 136 valence electrons. The summed E-state index contributed by atoms with van der Waals surface area (Å²) in [6.45, 7) is 0. The molecule has 0 saturated carbocycles. The van der Waals surface area contributed by atoms with Crippen LogP contribution in [0.25, 0.3) is 21.8 Å². The van der Waals surface area contributed by atoms with Crippen LogP contribution in [0, 0.1) is 0 Å². The van der Waals surface area contributed by atoms with Crippen molar-refractivity contribution in [3.05, 3.63) is 72.1 Å². The van der Waals surface area contributed by atoms with E-state index in [1.165, 1.54) is 7.11 Å². The Morgan fingerprint density at radius 1 is 0.852 bits per heavy atom. The van der Waals surface area contributed by atoms with E-state index in [9.17, 15) is 9.59 Å². The zero-order valence-electron chi connectivity index (χ0n) is 15.5. The first-order valence-electron chi connectivity index (χ1n) is 8.73. The predicted molar refractivity (Wildman–Crippen MR) is 105 cm³/mol. The highest BCUT2D eigenvalue weighted by Gasteiger charge is 2.34. The molecule has 4 rings (SSSR count). The smallest absolute Gasteiger partial charge is 0.321 e. The molecule has 1 unspecified atom stereocenters. The van der Waals surface area contributed by atoms with Gasteiger partial charge in [0.2, 0.25) is 0 Å². The number of fused-ring (bicyclic) bond motifs is 2. The van der Waals surface area contributed by atoms with Crippen molar-refractivity contribution >= 4 is 33.6 Å². The predicted octanol–water partition coefficient (Wildman–Crippen LogP) is 3.81. The van der Waals surface area contributed by atoms with E-state index in [1.807, 2.05) is 78.0 Å². The molecule has 5 heteroatoms. The van der Waals surface area contributed by atoms with Crippen LogP contribution in [0.4, 0.5) is 0 Å². The van der Waals surface area contributed by atoms with Gasteiger partial charge in [0, 0.05) is 53.9 Å². The molecular formula is C22H20N2O3. The zero-order valence-corrected chi connectivity index (χ0v) is 15.5. The van der Waals surface area contributed by atoms with E-state index in [0.29, 0.717) is 11.1 Å². The monoisotopic (exact) mass is 360 g/mol. The van der Waals surface area contributed by atoms with Gasteiger partial charge < -0.3 is 13.9 Å². The summed E-state index contributed by atoms with van der Waals surface area (Å²) in [5, 5.41) is 1.71. The Balaban J connectivity index is 1.92. The molecule has 2 heterocycles. The van der Waals surface area contributed by atoms with E-state index in [1.54, 1.807) is 6.20 Å². The van der Waals surface area contributed by atoms with Crippen molar-refractivity contribution < 1.29 is 14.3 Å². The van der Waals surface area contributed by atoms with E-state index in [4.69, 9.17) is 4.74 Å². The number of methoxy groups -OCH3 is 1. The van der Waals surface area contributed by atoms with Gasteiger partial charge in [-0.25, -0.2) is 0 Å². The average Bonchev–Trinajstić information content (AvgIpc) is 3.20. The number of hydrogen-bond acceptors (Lipinski definition) is 3. The van der Waals surface area contributed by atoms with Gasteiger partial charge in [0.25, 0.3) is 0 Å². The number of esters is 1. The summed E-state index contributed by atoms with van der Waals surface area (Å²) in [7, 11) is 5.11. The summed E-state index contributed by atoms with van der Waals surface area (Å²) < 4.78 is 8.84. The first-order valence-corrected chi connectivity index (χ1v) is 8.73. The Morgan fingerprint density at radius 2 is 1.41 bits per heavy atom. The largest absolute Gasteiger partial charge is 0.468 e. The van der Waals surface area contributed by atoms with E-state index < -0.39 is 11.9 Å². The fourth-order valence-corrected chi connectivity index (χ4v) is 3.79. The highest BCUT2D eigenvalue weighted by Crippen LogP contribution is 2.33. The highest BCUT2D eigenvalue weighted by molar-refractivity contribution is 6.19. The number of para-hydroxylation sites is 2. The van der Waals surface area contributed by atoms with Crippen molar-refractivity contribution in [2.75, 3.05) is 7.11 Å². The van der Waals surface area contributed by atoms with Crippen LogP contribution in [0.5, 0.6) is 0 Å². The van der Waals surface area contributed by atoms with Gasteiger partial charge in [0.05, 0.1) is 7.11 Å². The summed E-state index contributed by atoms with van der Waals surface area (Å²) in [4.78, 5) is 26.2. The molecule has 1 atom stereocenters. The van der Waals surface area contributed by atoms with Crippen LogP contribution in [0.1, 0.15) is 21.8 Å². The lowest BCUT2D eigenvalue weighted by Gasteiger charge is -2.13.